The van der Waals surface area contributed by atoms with Crippen LogP contribution in [0.15, 0.2) is 34.0 Å². The number of nitrogens with one attached hydrogen (secondary N) is 2. The largest absolute Gasteiger partial charge is 0.480 e. The maximum Gasteiger partial charge on any atom is 0.322 e. The second-order valence-electron chi connectivity index (χ2n) is 5.73. The molecule has 3 N–H and O–H groups in total. The van der Waals surface area contributed by atoms with Gasteiger partial charge < -0.3 is 15.4 Å². The molecule has 0 bridgehead atoms. The summed E-state index contributed by atoms with van der Waals surface area (Å²) >= 11 is 0. The highest BCUT2D eigenvalue weighted by Crippen LogP contribution is 2.23. The van der Waals surface area contributed by atoms with Gasteiger partial charge in [-0.25, -0.2) is 8.42 Å². The molecule has 8 nitrogen and oxygen atoms in total. The molecule has 1 aromatic carbocycles. The van der Waals surface area contributed by atoms with Gasteiger partial charge in [0.05, 0.1) is 4.90 Å². The van der Waals surface area contributed by atoms with Crippen LogP contribution in [0.3, 0.4) is 0 Å². The number of carbonyl (C=O) groups is 1. The minimum Gasteiger partial charge on any atom is -0.480 e. The van der Waals surface area contributed by atoms with Gasteiger partial charge in [-0.05, 0) is 30.7 Å². The zero-order valence-electron chi connectivity index (χ0n) is 12.9. The van der Waals surface area contributed by atoms with Crippen LogP contribution in [0.1, 0.15) is 5.56 Å². The van der Waals surface area contributed by atoms with Crippen LogP contribution in [0.2, 0.25) is 0 Å². The van der Waals surface area contributed by atoms with Crippen molar-refractivity contribution in [2.24, 2.45) is 0 Å². The average Bonchev–Trinajstić information content (AvgIpc) is 2.54. The Kier molecular flexibility index (Phi) is 4.16. The number of benzene rings is 1. The number of aromatic nitrogens is 1. The predicted molar refractivity (Wildman–Crippen MR) is 87.5 cm³/mol. The molecule has 1 saturated heterocycles. The Balaban J connectivity index is 2.02. The highest BCUT2D eigenvalue weighted by molar-refractivity contribution is 7.89. The van der Waals surface area contributed by atoms with Gasteiger partial charge in [0.25, 0.3) is 0 Å². The average molecular weight is 351 g/mol. The summed E-state index contributed by atoms with van der Waals surface area (Å²) in [6.07, 6.45) is 0. The summed E-state index contributed by atoms with van der Waals surface area (Å²) in [6, 6.07) is 4.96. The Morgan fingerprint density at radius 3 is 2.79 bits per heavy atom. The number of aryl methyl sites for hydroxylation is 1. The van der Waals surface area contributed by atoms with Crippen LogP contribution in [-0.2, 0) is 14.8 Å². The zero-order chi connectivity index (χ0) is 17.5. The van der Waals surface area contributed by atoms with E-state index >= 15 is 0 Å². The first kappa shape index (κ1) is 16.6. The van der Waals surface area contributed by atoms with Crippen LogP contribution < -0.4 is 10.9 Å². The summed E-state index contributed by atoms with van der Waals surface area (Å²) < 4.78 is 26.8. The number of nitrogens with zero attached hydrogens (tertiary/aromatic N) is 1. The van der Waals surface area contributed by atoms with E-state index in [1.807, 2.05) is 0 Å². The summed E-state index contributed by atoms with van der Waals surface area (Å²) in [4.78, 5) is 25.3. The Morgan fingerprint density at radius 1 is 1.33 bits per heavy atom. The van der Waals surface area contributed by atoms with E-state index in [2.05, 4.69) is 10.3 Å². The van der Waals surface area contributed by atoms with E-state index in [0.717, 1.165) is 0 Å². The molecule has 0 amide bonds. The van der Waals surface area contributed by atoms with Crippen molar-refractivity contribution in [3.63, 3.8) is 0 Å². The molecule has 2 aromatic rings. The van der Waals surface area contributed by atoms with E-state index in [-0.39, 0.29) is 30.1 Å². The van der Waals surface area contributed by atoms with Crippen LogP contribution in [0.4, 0.5) is 0 Å². The molecule has 0 radical (unpaired) electrons. The number of carboxylic acids is 1. The smallest absolute Gasteiger partial charge is 0.322 e. The third kappa shape index (κ3) is 2.93. The molecule has 3 rings (SSSR count). The molecule has 1 aromatic heterocycles. The van der Waals surface area contributed by atoms with E-state index in [1.165, 1.54) is 22.5 Å². The van der Waals surface area contributed by atoms with Gasteiger partial charge in [-0.2, -0.15) is 4.31 Å². The lowest BCUT2D eigenvalue weighted by molar-refractivity contribution is -0.140. The van der Waals surface area contributed by atoms with Gasteiger partial charge in [0, 0.05) is 36.6 Å². The van der Waals surface area contributed by atoms with Crippen molar-refractivity contribution in [3.05, 3.63) is 40.2 Å². The maximum atomic E-state index is 12.8. The first-order valence-corrected chi connectivity index (χ1v) is 8.83. The maximum absolute atomic E-state index is 12.8. The van der Waals surface area contributed by atoms with E-state index < -0.39 is 22.0 Å². The lowest BCUT2D eigenvalue weighted by atomic mass is 10.1. The number of carboxylic acid groups (broad SMARTS) is 1. The van der Waals surface area contributed by atoms with Crippen molar-refractivity contribution in [1.29, 1.82) is 0 Å². The van der Waals surface area contributed by atoms with E-state index in [9.17, 15) is 18.0 Å². The molecule has 2 heterocycles. The lowest BCUT2D eigenvalue weighted by Crippen LogP contribution is -2.55. The molecule has 24 heavy (non-hydrogen) atoms. The van der Waals surface area contributed by atoms with Gasteiger partial charge in [-0.1, -0.05) is 0 Å². The molecule has 0 saturated carbocycles. The van der Waals surface area contributed by atoms with Gasteiger partial charge in [-0.3, -0.25) is 9.59 Å². The minimum atomic E-state index is -3.81. The SMILES string of the molecule is Cc1cc(=O)[nH]c2ccc(S(=O)(=O)N3CCN[C@@H](C(=O)O)C3)cc12. The molecular formula is C15H17N3O5S. The Bertz CT molecular complexity index is 967. The first-order chi connectivity index (χ1) is 11.3. The lowest BCUT2D eigenvalue weighted by Gasteiger charge is -2.30. The van der Waals surface area contributed by atoms with Gasteiger partial charge in [0.15, 0.2) is 0 Å². The normalized spacial score (nSPS) is 19.5. The number of aliphatic carboxylic acids is 1. The standard InChI is InChI=1S/C15H17N3O5S/c1-9-6-14(19)17-12-3-2-10(7-11(9)12)24(22,23)18-5-4-16-13(8-18)15(20)21/h2-3,6-7,13,16H,4-5,8H2,1H3,(H,17,19)(H,20,21)/t13-/m1/s1. The monoisotopic (exact) mass is 351 g/mol. The molecule has 1 fully saturated rings. The van der Waals surface area contributed by atoms with E-state index in [1.54, 1.807) is 13.0 Å². The van der Waals surface area contributed by atoms with Crippen molar-refractivity contribution in [3.8, 4) is 0 Å². The third-order valence-corrected chi connectivity index (χ3v) is 5.96. The van der Waals surface area contributed by atoms with E-state index in [4.69, 9.17) is 5.11 Å². The number of fused-ring (bicyclic) bond motifs is 1. The summed E-state index contributed by atoms with van der Waals surface area (Å²) in [6.45, 7) is 2.09. The van der Waals surface area contributed by atoms with E-state index in [0.29, 0.717) is 16.5 Å². The van der Waals surface area contributed by atoms with Crippen molar-refractivity contribution in [2.75, 3.05) is 19.6 Å². The van der Waals surface area contributed by atoms with Crippen molar-refractivity contribution >= 4 is 26.9 Å². The quantitative estimate of drug-likeness (QED) is 0.709. The van der Waals surface area contributed by atoms with Crippen molar-refractivity contribution < 1.29 is 18.3 Å². The second-order valence-corrected chi connectivity index (χ2v) is 7.67. The molecular weight excluding hydrogens is 334 g/mol. The number of hydrogen-bond donors (Lipinski definition) is 3. The molecule has 128 valence electrons. The fourth-order valence-corrected chi connectivity index (χ4v) is 4.30. The van der Waals surface area contributed by atoms with Crippen LogP contribution in [0.5, 0.6) is 0 Å². The van der Waals surface area contributed by atoms with Crippen LogP contribution in [0.25, 0.3) is 10.9 Å². The Labute approximate surface area is 138 Å². The predicted octanol–water partition coefficient (Wildman–Crippen LogP) is -0.116. The summed E-state index contributed by atoms with van der Waals surface area (Å²) in [5.41, 5.74) is 0.985. The summed E-state index contributed by atoms with van der Waals surface area (Å²) in [5.74, 6) is -1.08. The highest BCUT2D eigenvalue weighted by atomic mass is 32.2. The van der Waals surface area contributed by atoms with Crippen molar-refractivity contribution in [1.82, 2.24) is 14.6 Å². The van der Waals surface area contributed by atoms with Crippen molar-refractivity contribution in [2.45, 2.75) is 17.9 Å². The molecule has 9 heteroatoms. The highest BCUT2D eigenvalue weighted by Gasteiger charge is 2.33. The second kappa shape index (κ2) is 6.00. The molecule has 1 aliphatic heterocycles. The minimum absolute atomic E-state index is 0.0798. The zero-order valence-corrected chi connectivity index (χ0v) is 13.8. The summed E-state index contributed by atoms with van der Waals surface area (Å²) in [5, 5.41) is 12.5. The molecule has 1 atom stereocenters. The Hall–Kier alpha value is -2.23. The Morgan fingerprint density at radius 2 is 2.08 bits per heavy atom. The van der Waals surface area contributed by atoms with Gasteiger partial charge in [0.2, 0.25) is 15.6 Å². The summed E-state index contributed by atoms with van der Waals surface area (Å²) in [7, 11) is -3.81. The molecule has 0 unspecified atom stereocenters. The van der Waals surface area contributed by atoms with Gasteiger partial charge in [0.1, 0.15) is 6.04 Å². The number of pyridine rings is 1. The topological polar surface area (TPSA) is 120 Å². The van der Waals surface area contributed by atoms with Crippen LogP contribution in [-0.4, -0.2) is 54.5 Å². The number of hydrogen-bond acceptors (Lipinski definition) is 5. The third-order valence-electron chi connectivity index (χ3n) is 4.10. The first-order valence-electron chi connectivity index (χ1n) is 7.39. The van der Waals surface area contributed by atoms with Gasteiger partial charge in [-0.15, -0.1) is 0 Å². The number of rotatable bonds is 3. The number of piperazine rings is 1. The van der Waals surface area contributed by atoms with Crippen LogP contribution >= 0.6 is 0 Å². The van der Waals surface area contributed by atoms with Crippen LogP contribution in [0, 0.1) is 6.92 Å². The van der Waals surface area contributed by atoms with Gasteiger partial charge >= 0.3 is 5.97 Å². The number of sulfonamides is 1. The number of aromatic amines is 1. The molecule has 0 spiro atoms. The fourth-order valence-electron chi connectivity index (χ4n) is 2.82. The number of H-pyrrole nitrogens is 1. The fraction of sp³-hybridized carbons (Fsp3) is 0.333. The molecule has 0 aliphatic carbocycles. The molecule has 1 aliphatic rings.